The number of Topliss-reactive ketones (excluding diaryl/α,β-unsaturated/α-hetero) is 1. The van der Waals surface area contributed by atoms with Gasteiger partial charge in [0.05, 0.1) is 5.60 Å². The molecule has 0 aliphatic carbocycles. The Bertz CT molecular complexity index is 200. The van der Waals surface area contributed by atoms with Gasteiger partial charge in [-0.25, -0.2) is 0 Å². The fourth-order valence-electron chi connectivity index (χ4n) is 1.63. The summed E-state index contributed by atoms with van der Waals surface area (Å²) in [4.78, 5) is 11.6. The summed E-state index contributed by atoms with van der Waals surface area (Å²) in [6.07, 6.45) is 2.27. The van der Waals surface area contributed by atoms with Crippen LogP contribution >= 0.6 is 0 Å². The number of hydrogen-bond acceptors (Lipinski definition) is 2. The summed E-state index contributed by atoms with van der Waals surface area (Å²) in [5, 5.41) is 0. The highest BCUT2D eigenvalue weighted by atomic mass is 16.5. The molecule has 1 fully saturated rings. The Morgan fingerprint density at radius 1 is 1.33 bits per heavy atom. The summed E-state index contributed by atoms with van der Waals surface area (Å²) in [7, 11) is 0. The van der Waals surface area contributed by atoms with Crippen molar-refractivity contribution in [2.45, 2.75) is 58.2 Å². The predicted molar refractivity (Wildman–Crippen MR) is 48.1 cm³/mol. The number of carbonyl (C=O) groups excluding carboxylic acids is 1. The smallest absolute Gasteiger partial charge is 0.167 e. The van der Waals surface area contributed by atoms with E-state index in [1.54, 1.807) is 0 Å². The van der Waals surface area contributed by atoms with Crippen LogP contribution in [0, 0.1) is 0 Å². The third-order valence-electron chi connectivity index (χ3n) is 3.02. The SMILES string of the molecule is CCC1(C)CC(=O)C(C)(CC)O1. The second-order valence-corrected chi connectivity index (χ2v) is 4.09. The highest BCUT2D eigenvalue weighted by Crippen LogP contribution is 2.38. The second kappa shape index (κ2) is 2.84. The first kappa shape index (κ1) is 9.72. The van der Waals surface area contributed by atoms with Crippen molar-refractivity contribution >= 4 is 5.78 Å². The molecule has 0 N–H and O–H groups in total. The zero-order valence-corrected chi connectivity index (χ0v) is 8.44. The van der Waals surface area contributed by atoms with E-state index < -0.39 is 5.60 Å². The molecule has 1 saturated heterocycles. The number of rotatable bonds is 2. The van der Waals surface area contributed by atoms with Crippen molar-refractivity contribution in [1.82, 2.24) is 0 Å². The van der Waals surface area contributed by atoms with Crippen molar-refractivity contribution in [1.29, 1.82) is 0 Å². The number of ether oxygens (including phenoxy) is 1. The van der Waals surface area contributed by atoms with E-state index in [1.165, 1.54) is 0 Å². The Hall–Kier alpha value is -0.370. The topological polar surface area (TPSA) is 26.3 Å². The standard InChI is InChI=1S/C10H18O2/c1-5-9(3)7-8(11)10(4,6-2)12-9/h5-7H2,1-4H3. The minimum absolute atomic E-state index is 0.207. The van der Waals surface area contributed by atoms with Gasteiger partial charge in [0.15, 0.2) is 5.78 Å². The van der Waals surface area contributed by atoms with Crippen LogP contribution in [0.3, 0.4) is 0 Å². The summed E-state index contributed by atoms with van der Waals surface area (Å²) >= 11 is 0. The van der Waals surface area contributed by atoms with Gasteiger partial charge in [0, 0.05) is 6.42 Å². The lowest BCUT2D eigenvalue weighted by molar-refractivity contribution is -0.136. The predicted octanol–water partition coefficient (Wildman–Crippen LogP) is 2.31. The van der Waals surface area contributed by atoms with Crippen molar-refractivity contribution < 1.29 is 9.53 Å². The van der Waals surface area contributed by atoms with Crippen LogP contribution in [-0.4, -0.2) is 17.0 Å². The molecule has 1 rings (SSSR count). The molecule has 1 heterocycles. The molecule has 0 spiro atoms. The van der Waals surface area contributed by atoms with Gasteiger partial charge >= 0.3 is 0 Å². The zero-order valence-electron chi connectivity index (χ0n) is 8.44. The second-order valence-electron chi connectivity index (χ2n) is 4.09. The minimum Gasteiger partial charge on any atom is -0.361 e. The molecule has 2 heteroatoms. The summed E-state index contributed by atoms with van der Waals surface area (Å²) in [6.45, 7) is 7.98. The van der Waals surface area contributed by atoms with Gasteiger partial charge in [-0.05, 0) is 26.7 Å². The molecule has 0 amide bonds. The molecular weight excluding hydrogens is 152 g/mol. The molecule has 0 bridgehead atoms. The first-order valence-corrected chi connectivity index (χ1v) is 4.69. The van der Waals surface area contributed by atoms with Crippen molar-refractivity contribution in [3.05, 3.63) is 0 Å². The monoisotopic (exact) mass is 170 g/mol. The van der Waals surface area contributed by atoms with Gasteiger partial charge in [-0.15, -0.1) is 0 Å². The summed E-state index contributed by atoms with van der Waals surface area (Å²) in [6, 6.07) is 0. The van der Waals surface area contributed by atoms with E-state index in [-0.39, 0.29) is 11.4 Å². The average Bonchev–Trinajstić information content (AvgIpc) is 2.25. The van der Waals surface area contributed by atoms with Crippen LogP contribution in [0.15, 0.2) is 0 Å². The first-order chi connectivity index (χ1) is 5.46. The Labute approximate surface area is 74.3 Å². The largest absolute Gasteiger partial charge is 0.361 e. The van der Waals surface area contributed by atoms with Crippen LogP contribution in [0.2, 0.25) is 0 Å². The van der Waals surface area contributed by atoms with Crippen LogP contribution in [-0.2, 0) is 9.53 Å². The van der Waals surface area contributed by atoms with Crippen molar-refractivity contribution in [3.8, 4) is 0 Å². The van der Waals surface area contributed by atoms with Crippen LogP contribution in [0.5, 0.6) is 0 Å². The molecule has 2 nitrogen and oxygen atoms in total. The molecule has 0 aromatic carbocycles. The van der Waals surface area contributed by atoms with Crippen LogP contribution in [0.1, 0.15) is 47.0 Å². The molecule has 2 atom stereocenters. The van der Waals surface area contributed by atoms with E-state index >= 15 is 0 Å². The Morgan fingerprint density at radius 2 is 1.92 bits per heavy atom. The molecule has 0 saturated carbocycles. The molecule has 1 aliphatic heterocycles. The summed E-state index contributed by atoms with van der Waals surface area (Å²) in [5.41, 5.74) is -0.716. The van der Waals surface area contributed by atoms with Gasteiger partial charge in [0.25, 0.3) is 0 Å². The maximum atomic E-state index is 11.6. The lowest BCUT2D eigenvalue weighted by Gasteiger charge is -2.26. The maximum Gasteiger partial charge on any atom is 0.167 e. The fraction of sp³-hybridized carbons (Fsp3) is 0.900. The van der Waals surface area contributed by atoms with Gasteiger partial charge in [-0.3, -0.25) is 4.79 Å². The molecule has 0 aromatic heterocycles. The zero-order chi connectivity index (χ0) is 9.41. The number of ketones is 1. The fourth-order valence-corrected chi connectivity index (χ4v) is 1.63. The van der Waals surface area contributed by atoms with Gasteiger partial charge < -0.3 is 4.74 Å². The molecule has 0 aromatic rings. The highest BCUT2D eigenvalue weighted by molar-refractivity contribution is 5.89. The van der Waals surface area contributed by atoms with Crippen LogP contribution < -0.4 is 0 Å². The third-order valence-corrected chi connectivity index (χ3v) is 3.02. The first-order valence-electron chi connectivity index (χ1n) is 4.69. The lowest BCUT2D eigenvalue weighted by Crippen LogP contribution is -2.33. The van der Waals surface area contributed by atoms with E-state index in [1.807, 2.05) is 20.8 Å². The van der Waals surface area contributed by atoms with Gasteiger partial charge in [-0.2, -0.15) is 0 Å². The summed E-state index contributed by atoms with van der Waals surface area (Å²) in [5.74, 6) is 0.259. The maximum absolute atomic E-state index is 11.6. The van der Waals surface area contributed by atoms with E-state index in [0.29, 0.717) is 6.42 Å². The number of hydrogen-bond donors (Lipinski definition) is 0. The highest BCUT2D eigenvalue weighted by Gasteiger charge is 2.48. The van der Waals surface area contributed by atoms with Gasteiger partial charge in [-0.1, -0.05) is 13.8 Å². The average molecular weight is 170 g/mol. The summed E-state index contributed by atoms with van der Waals surface area (Å²) < 4.78 is 5.80. The Kier molecular flexibility index (Phi) is 2.30. The minimum atomic E-state index is -0.509. The molecule has 2 unspecified atom stereocenters. The van der Waals surface area contributed by atoms with E-state index in [0.717, 1.165) is 12.8 Å². The third kappa shape index (κ3) is 1.40. The van der Waals surface area contributed by atoms with Crippen LogP contribution in [0.25, 0.3) is 0 Å². The van der Waals surface area contributed by atoms with Crippen LogP contribution in [0.4, 0.5) is 0 Å². The normalized spacial score (nSPS) is 42.2. The van der Waals surface area contributed by atoms with Crippen molar-refractivity contribution in [3.63, 3.8) is 0 Å². The lowest BCUT2D eigenvalue weighted by atomic mass is 9.94. The molecular formula is C10H18O2. The molecule has 0 radical (unpaired) electrons. The Balaban J connectivity index is 2.81. The molecule has 70 valence electrons. The molecule has 12 heavy (non-hydrogen) atoms. The van der Waals surface area contributed by atoms with E-state index in [2.05, 4.69) is 6.92 Å². The van der Waals surface area contributed by atoms with Crippen molar-refractivity contribution in [2.24, 2.45) is 0 Å². The van der Waals surface area contributed by atoms with Crippen molar-refractivity contribution in [2.75, 3.05) is 0 Å². The van der Waals surface area contributed by atoms with E-state index in [9.17, 15) is 4.79 Å². The quantitative estimate of drug-likeness (QED) is 0.635. The van der Waals surface area contributed by atoms with E-state index in [4.69, 9.17) is 4.74 Å². The number of carbonyl (C=O) groups is 1. The van der Waals surface area contributed by atoms with Gasteiger partial charge in [0.2, 0.25) is 0 Å². The Morgan fingerprint density at radius 3 is 2.17 bits per heavy atom. The molecule has 1 aliphatic rings. The van der Waals surface area contributed by atoms with Gasteiger partial charge in [0.1, 0.15) is 5.60 Å².